The lowest BCUT2D eigenvalue weighted by molar-refractivity contribution is -0.136. The van der Waals surface area contributed by atoms with Gasteiger partial charge in [0.05, 0.1) is 5.41 Å². The molecule has 1 aromatic rings. The Bertz CT molecular complexity index is 1310. The van der Waals surface area contributed by atoms with Gasteiger partial charge < -0.3 is 14.7 Å². The molecule has 0 amide bonds. The molecule has 2 unspecified atom stereocenters. The Kier molecular flexibility index (Phi) is 7.30. The molecular formula is C35H43NO4. The van der Waals surface area contributed by atoms with Gasteiger partial charge in [0.15, 0.2) is 11.6 Å². The van der Waals surface area contributed by atoms with Crippen LogP contribution in [0.2, 0.25) is 0 Å². The van der Waals surface area contributed by atoms with Gasteiger partial charge in [-0.2, -0.15) is 0 Å². The van der Waals surface area contributed by atoms with Crippen molar-refractivity contribution in [1.29, 1.82) is 0 Å². The smallest absolute Gasteiger partial charge is 0.176 e. The number of hydrogen-bond donors (Lipinski definition) is 1. The molecule has 1 heterocycles. The topological polar surface area (TPSA) is 66.8 Å². The van der Waals surface area contributed by atoms with Crippen LogP contribution in [0.4, 0.5) is 5.69 Å². The molecule has 6 atom stereocenters. The molecule has 2 saturated carbocycles. The van der Waals surface area contributed by atoms with Gasteiger partial charge in [0.25, 0.3) is 0 Å². The van der Waals surface area contributed by atoms with Crippen LogP contribution < -0.4 is 4.90 Å². The summed E-state index contributed by atoms with van der Waals surface area (Å²) in [4.78, 5) is 28.9. The lowest BCUT2D eigenvalue weighted by Gasteiger charge is -2.55. The van der Waals surface area contributed by atoms with E-state index < -0.39 is 5.41 Å². The summed E-state index contributed by atoms with van der Waals surface area (Å²) in [6.07, 6.45) is 9.33. The first-order valence-electron chi connectivity index (χ1n) is 15.3. The van der Waals surface area contributed by atoms with Crippen molar-refractivity contribution in [2.24, 2.45) is 28.6 Å². The van der Waals surface area contributed by atoms with Gasteiger partial charge in [0.2, 0.25) is 0 Å². The predicted octanol–water partition coefficient (Wildman–Crippen LogP) is 5.63. The molecule has 4 aliphatic carbocycles. The number of fused-ring (bicyclic) bond motifs is 4. The molecule has 5 aliphatic rings. The van der Waals surface area contributed by atoms with Crippen LogP contribution in [0, 0.1) is 40.4 Å². The van der Waals surface area contributed by atoms with Gasteiger partial charge in [-0.25, -0.2) is 0 Å². The maximum atomic E-state index is 13.9. The molecule has 0 bridgehead atoms. The highest BCUT2D eigenvalue weighted by atomic mass is 16.5. The first kappa shape index (κ1) is 27.5. The first-order chi connectivity index (χ1) is 19.3. The van der Waals surface area contributed by atoms with E-state index >= 15 is 0 Å². The molecule has 40 heavy (non-hydrogen) atoms. The first-order valence-corrected chi connectivity index (χ1v) is 15.3. The fourth-order valence-corrected chi connectivity index (χ4v) is 9.35. The van der Waals surface area contributed by atoms with Crippen LogP contribution in [0.25, 0.3) is 0 Å². The van der Waals surface area contributed by atoms with Crippen molar-refractivity contribution >= 4 is 17.3 Å². The standard InChI is InChI=1S/C35H43NO4/c1-23-19-29-31-13-15-35(14-6-18-37,32(39)22-40-3)34(31,2)21-30(33(29)27-12-11-26(38)20-28(23)27)24-7-9-25(10-8-24)36-16-4-5-17-36/h7-10,20,23,29-31,37H,4-5,11-13,15-19,21-22H2,1-3H3/t23?,29-,30?,31-,34-,35+/m0/s1. The van der Waals surface area contributed by atoms with Gasteiger partial charge in [-0.15, -0.1) is 0 Å². The lowest BCUT2D eigenvalue weighted by Crippen LogP contribution is -2.52. The van der Waals surface area contributed by atoms with Crippen LogP contribution in [0.15, 0.2) is 47.1 Å². The third kappa shape index (κ3) is 4.22. The number of anilines is 1. The number of allylic oxidation sites excluding steroid dienone is 4. The number of carbonyl (C=O) groups excluding carboxylic acids is 2. The monoisotopic (exact) mass is 541 g/mol. The number of methoxy groups -OCH3 is 1. The number of ketones is 2. The highest BCUT2D eigenvalue weighted by Crippen LogP contribution is 2.70. The number of aliphatic hydroxyl groups is 1. The second-order valence-electron chi connectivity index (χ2n) is 13.1. The average Bonchev–Trinajstić information content (AvgIpc) is 3.59. The van der Waals surface area contributed by atoms with E-state index in [0.717, 1.165) is 38.8 Å². The minimum absolute atomic E-state index is 0.0433. The Balaban J connectivity index is 1.50. The van der Waals surface area contributed by atoms with Crippen LogP contribution in [0.5, 0.6) is 0 Å². The van der Waals surface area contributed by atoms with Gasteiger partial charge in [-0.1, -0.05) is 43.4 Å². The number of aliphatic hydroxyl groups excluding tert-OH is 1. The van der Waals surface area contributed by atoms with Gasteiger partial charge in [-0.05, 0) is 103 Å². The third-order valence-electron chi connectivity index (χ3n) is 11.2. The summed E-state index contributed by atoms with van der Waals surface area (Å²) < 4.78 is 5.39. The molecule has 1 saturated heterocycles. The minimum Gasteiger partial charge on any atom is -0.384 e. The van der Waals surface area contributed by atoms with E-state index in [-0.39, 0.29) is 36.1 Å². The van der Waals surface area contributed by atoms with Crippen LogP contribution in [0.3, 0.4) is 0 Å². The van der Waals surface area contributed by atoms with Crippen molar-refractivity contribution in [1.82, 2.24) is 0 Å². The number of Topliss-reactive ketones (excluding diaryl/α,β-unsaturated/α-hetero) is 1. The molecule has 6 rings (SSSR count). The van der Waals surface area contributed by atoms with E-state index in [1.54, 1.807) is 7.11 Å². The summed E-state index contributed by atoms with van der Waals surface area (Å²) in [6.45, 7) is 6.61. The fraction of sp³-hybridized carbons (Fsp3) is 0.600. The molecule has 1 aliphatic heterocycles. The maximum Gasteiger partial charge on any atom is 0.176 e. The third-order valence-corrected chi connectivity index (χ3v) is 11.2. The van der Waals surface area contributed by atoms with Gasteiger partial charge in [0, 0.05) is 38.2 Å². The highest BCUT2D eigenvalue weighted by Gasteiger charge is 2.65. The second kappa shape index (κ2) is 10.6. The van der Waals surface area contributed by atoms with Gasteiger partial charge in [0.1, 0.15) is 13.2 Å². The summed E-state index contributed by atoms with van der Waals surface area (Å²) in [6, 6.07) is 9.20. The van der Waals surface area contributed by atoms with Crippen molar-refractivity contribution in [3.8, 4) is 11.8 Å². The van der Waals surface area contributed by atoms with Crippen LogP contribution in [-0.2, 0) is 14.3 Å². The Labute approximate surface area is 239 Å². The van der Waals surface area contributed by atoms with Gasteiger partial charge >= 0.3 is 0 Å². The highest BCUT2D eigenvalue weighted by molar-refractivity contribution is 5.93. The number of rotatable bonds is 5. The molecule has 212 valence electrons. The number of ether oxygens (including phenoxy) is 1. The number of carbonyl (C=O) groups is 2. The van der Waals surface area contributed by atoms with Crippen LogP contribution in [0.1, 0.15) is 76.7 Å². The fourth-order valence-electron chi connectivity index (χ4n) is 9.35. The molecule has 0 radical (unpaired) electrons. The number of hydrogen-bond acceptors (Lipinski definition) is 5. The number of nitrogens with zero attached hydrogens (tertiary/aromatic N) is 1. The Hall–Kier alpha value is -2.68. The van der Waals surface area contributed by atoms with E-state index in [1.165, 1.54) is 40.8 Å². The summed E-state index contributed by atoms with van der Waals surface area (Å²) in [7, 11) is 1.58. The largest absolute Gasteiger partial charge is 0.384 e. The molecule has 1 aromatic carbocycles. The van der Waals surface area contributed by atoms with E-state index in [0.29, 0.717) is 30.6 Å². The van der Waals surface area contributed by atoms with Gasteiger partial charge in [-0.3, -0.25) is 9.59 Å². The average molecular weight is 542 g/mol. The molecule has 0 spiro atoms. The van der Waals surface area contributed by atoms with E-state index in [2.05, 4.69) is 54.9 Å². The van der Waals surface area contributed by atoms with Crippen molar-refractivity contribution in [2.75, 3.05) is 38.3 Å². The Morgan fingerprint density at radius 2 is 1.93 bits per heavy atom. The maximum absolute atomic E-state index is 13.9. The molecule has 1 N–H and O–H groups in total. The molecule has 3 fully saturated rings. The summed E-state index contributed by atoms with van der Waals surface area (Å²) >= 11 is 0. The van der Waals surface area contributed by atoms with E-state index in [4.69, 9.17) is 4.74 Å². The second-order valence-corrected chi connectivity index (χ2v) is 13.1. The van der Waals surface area contributed by atoms with Crippen LogP contribution in [-0.4, -0.2) is 50.1 Å². The quantitative estimate of drug-likeness (QED) is 0.490. The predicted molar refractivity (Wildman–Crippen MR) is 157 cm³/mol. The molecule has 0 aromatic heterocycles. The van der Waals surface area contributed by atoms with Crippen LogP contribution >= 0.6 is 0 Å². The summed E-state index contributed by atoms with van der Waals surface area (Å²) in [5.41, 5.74) is 5.61. The normalized spacial score (nSPS) is 35.0. The zero-order valence-corrected chi connectivity index (χ0v) is 24.3. The minimum atomic E-state index is -0.831. The molecule has 5 nitrogen and oxygen atoms in total. The van der Waals surface area contributed by atoms with E-state index in [1.807, 2.05) is 6.08 Å². The Morgan fingerprint density at radius 1 is 1.18 bits per heavy atom. The van der Waals surface area contributed by atoms with Crippen molar-refractivity contribution in [2.45, 2.75) is 71.1 Å². The van der Waals surface area contributed by atoms with Crippen molar-refractivity contribution in [3.05, 3.63) is 52.6 Å². The SMILES string of the molecule is COCC(=O)[C@@]1(C#CCO)CC[C@H]2[C@@H]3CC(C)C4=CC(=O)CCC4=C3C(c3ccc(N4CCCC4)cc3)C[C@@]21C. The van der Waals surface area contributed by atoms with Crippen molar-refractivity contribution in [3.63, 3.8) is 0 Å². The molecule has 5 heteroatoms. The Morgan fingerprint density at radius 3 is 2.62 bits per heavy atom. The van der Waals surface area contributed by atoms with Crippen molar-refractivity contribution < 1.29 is 19.4 Å². The summed E-state index contributed by atoms with van der Waals surface area (Å²) in [5, 5.41) is 9.69. The number of benzene rings is 1. The van der Waals surface area contributed by atoms with E-state index in [9.17, 15) is 14.7 Å². The molecular weight excluding hydrogens is 498 g/mol. The zero-order valence-electron chi connectivity index (χ0n) is 24.3. The summed E-state index contributed by atoms with van der Waals surface area (Å²) in [5.74, 6) is 7.73. The zero-order chi connectivity index (χ0) is 28.1. The lowest BCUT2D eigenvalue weighted by atomic mass is 9.47.